The number of aromatic nitrogens is 3. The molecule has 3 aromatic carbocycles. The fourth-order valence-corrected chi connectivity index (χ4v) is 10.4. The first-order valence-corrected chi connectivity index (χ1v) is 26.9. The van der Waals surface area contributed by atoms with Gasteiger partial charge < -0.3 is 40.5 Å². The summed E-state index contributed by atoms with van der Waals surface area (Å²) in [5.41, 5.74) is 3.27. The Bertz CT molecular complexity index is 3060. The average molecular weight is 1070 g/mol. The first-order valence-electron chi connectivity index (χ1n) is 26.9. The Morgan fingerprint density at radius 3 is 1.94 bits per heavy atom. The number of likely N-dealkylation sites (N-methyl/N-ethyl adjacent to an activating group) is 2. The maximum atomic E-state index is 15.6. The highest BCUT2D eigenvalue weighted by molar-refractivity contribution is 5.99. The molecule has 0 saturated carbocycles. The van der Waals surface area contributed by atoms with Crippen molar-refractivity contribution in [2.75, 3.05) is 20.6 Å². The molecule has 0 radical (unpaired) electrons. The van der Waals surface area contributed by atoms with Crippen LogP contribution >= 0.6 is 0 Å². The molecule has 0 spiro atoms. The zero-order valence-electron chi connectivity index (χ0n) is 46.3. The number of nitrogens with zero attached hydrogens (tertiary/aromatic N) is 6. The van der Waals surface area contributed by atoms with E-state index in [-0.39, 0.29) is 56.9 Å². The van der Waals surface area contributed by atoms with Crippen LogP contribution in [0.1, 0.15) is 90.8 Å². The van der Waals surface area contributed by atoms with Crippen molar-refractivity contribution in [1.29, 1.82) is 0 Å². The second-order valence-electron chi connectivity index (χ2n) is 22.2. The van der Waals surface area contributed by atoms with Gasteiger partial charge in [0.05, 0.1) is 16.6 Å². The molecule has 7 amide bonds. The highest BCUT2D eigenvalue weighted by Crippen LogP contribution is 2.30. The third-order valence-corrected chi connectivity index (χ3v) is 14.9. The van der Waals surface area contributed by atoms with Crippen LogP contribution in [0.2, 0.25) is 0 Å². The molecule has 7 rings (SSSR count). The SMILES string of the molecule is C=CC(C)(C)n1cc(C[C@@H]2NC(=O)[C@H](Cc3ccc(F)cc3)NC(=O)[C@H](CC(C)C)N3CC/C=C\C[C@@H](C3=O)N(C)C(=O)[C@H](C)NC(=O)[C@H](Cc3ccc4nccnc4c3)NC(=O)[C@H](CC(C)C)N(C)C2=O)c2ccccc21. The molecule has 4 N–H and O–H groups in total. The van der Waals surface area contributed by atoms with Crippen molar-refractivity contribution in [3.63, 3.8) is 0 Å². The average Bonchev–Trinajstić information content (AvgIpc) is 3.89. The Morgan fingerprint density at radius 2 is 1.27 bits per heavy atom. The van der Waals surface area contributed by atoms with Gasteiger partial charge in [-0.05, 0) is 105 Å². The normalized spacial score (nSPS) is 23.4. The van der Waals surface area contributed by atoms with Gasteiger partial charge in [-0.15, -0.1) is 6.58 Å². The van der Waals surface area contributed by atoms with E-state index in [2.05, 4.69) is 37.8 Å². The summed E-state index contributed by atoms with van der Waals surface area (Å²) in [7, 11) is 2.96. The number of nitrogens with one attached hydrogen (secondary N) is 4. The van der Waals surface area contributed by atoms with E-state index in [0.717, 1.165) is 10.9 Å². The van der Waals surface area contributed by atoms with Gasteiger partial charge in [-0.2, -0.15) is 0 Å². The lowest BCUT2D eigenvalue weighted by Gasteiger charge is -2.38. The van der Waals surface area contributed by atoms with E-state index in [9.17, 15) is 14.0 Å². The predicted molar refractivity (Wildman–Crippen MR) is 298 cm³/mol. The summed E-state index contributed by atoms with van der Waals surface area (Å²) in [6, 6.07) is 9.86. The van der Waals surface area contributed by atoms with Crippen LogP contribution in [0.15, 0.2) is 110 Å². The number of para-hydroxylation sites is 1. The second kappa shape index (κ2) is 25.1. The van der Waals surface area contributed by atoms with Crippen molar-refractivity contribution in [3.8, 4) is 0 Å². The number of amides is 7. The number of hydrogen-bond acceptors (Lipinski definition) is 9. The molecular weight excluding hydrogens is 992 g/mol. The van der Waals surface area contributed by atoms with Gasteiger partial charge in [0.2, 0.25) is 41.4 Å². The minimum atomic E-state index is -1.37. The second-order valence-corrected chi connectivity index (χ2v) is 22.2. The third kappa shape index (κ3) is 13.7. The first kappa shape index (κ1) is 57.9. The number of hydrogen-bond donors (Lipinski definition) is 4. The molecule has 0 aliphatic carbocycles. The van der Waals surface area contributed by atoms with Crippen molar-refractivity contribution >= 4 is 63.3 Å². The summed E-state index contributed by atoms with van der Waals surface area (Å²) in [5.74, 6) is -5.29. The van der Waals surface area contributed by atoms with Crippen LogP contribution in [0, 0.1) is 17.7 Å². The molecule has 5 aromatic rings. The molecule has 414 valence electrons. The van der Waals surface area contributed by atoms with Crippen LogP contribution in [0.3, 0.4) is 0 Å². The van der Waals surface area contributed by atoms with E-state index < -0.39 is 95.0 Å². The van der Waals surface area contributed by atoms with Gasteiger partial charge in [-0.1, -0.05) is 82.3 Å². The van der Waals surface area contributed by atoms with E-state index >= 15 is 24.0 Å². The molecule has 17 nitrogen and oxygen atoms in total. The summed E-state index contributed by atoms with van der Waals surface area (Å²) >= 11 is 0. The predicted octanol–water partition coefficient (Wildman–Crippen LogP) is 5.94. The van der Waals surface area contributed by atoms with Crippen molar-refractivity contribution in [3.05, 3.63) is 133 Å². The minimum absolute atomic E-state index is 0.0503. The van der Waals surface area contributed by atoms with Gasteiger partial charge in [0.1, 0.15) is 48.1 Å². The Balaban J connectivity index is 1.38. The van der Waals surface area contributed by atoms with E-state index in [4.69, 9.17) is 0 Å². The van der Waals surface area contributed by atoms with E-state index in [0.29, 0.717) is 34.1 Å². The highest BCUT2D eigenvalue weighted by atomic mass is 19.1. The van der Waals surface area contributed by atoms with Crippen LogP contribution in [-0.2, 0) is 58.4 Å². The first-order chi connectivity index (χ1) is 37.1. The lowest BCUT2D eigenvalue weighted by Crippen LogP contribution is -2.61. The Hall–Kier alpha value is -7.76. The molecule has 7 atom stereocenters. The number of fused-ring (bicyclic) bond motifs is 4. The molecule has 2 aliphatic heterocycles. The summed E-state index contributed by atoms with van der Waals surface area (Å²) in [6.07, 6.45) is 11.1. The van der Waals surface area contributed by atoms with E-state index in [1.165, 1.54) is 60.0 Å². The van der Waals surface area contributed by atoms with Crippen LogP contribution in [0.5, 0.6) is 0 Å². The Kier molecular flexibility index (Phi) is 18.7. The molecular formula is C60H75FN10O7. The van der Waals surface area contributed by atoms with Crippen molar-refractivity contribution in [2.45, 2.75) is 141 Å². The number of carbonyl (C=O) groups excluding carboxylic acids is 7. The Labute approximate surface area is 456 Å². The van der Waals surface area contributed by atoms with Crippen LogP contribution in [0.25, 0.3) is 21.9 Å². The number of allylic oxidation sites excluding steroid dienone is 1. The van der Waals surface area contributed by atoms with Crippen molar-refractivity contribution < 1.29 is 38.0 Å². The third-order valence-electron chi connectivity index (χ3n) is 14.9. The molecule has 2 aliphatic rings. The lowest BCUT2D eigenvalue weighted by atomic mass is 9.97. The van der Waals surface area contributed by atoms with E-state index in [1.807, 2.05) is 94.8 Å². The molecule has 78 heavy (non-hydrogen) atoms. The van der Waals surface area contributed by atoms with Crippen LogP contribution in [0.4, 0.5) is 4.39 Å². The van der Waals surface area contributed by atoms with Gasteiger partial charge >= 0.3 is 0 Å². The monoisotopic (exact) mass is 1070 g/mol. The molecule has 18 heteroatoms. The van der Waals surface area contributed by atoms with Gasteiger partial charge in [0.15, 0.2) is 0 Å². The maximum Gasteiger partial charge on any atom is 0.246 e. The molecule has 2 aromatic heterocycles. The topological polar surface area (TPSA) is 208 Å². The standard InChI is InChI=1S/C60H75FN10O7/c1-11-60(7,8)71-35-41(43-17-14-15-18-49(43)71)34-48-58(77)69(10)51(29-36(2)3)55(74)65-47(33-40-22-25-44-45(32-40)63-27-26-62-44)53(72)64-38(6)57(76)68(9)50-19-13-12-16-28-70(59(50)78)52(30-37(4)5)56(75)66-46(54(73)67-48)31-39-20-23-42(61)24-21-39/h11-15,17-18,20-27,32,35-38,46-48,50-52H,1,16,19,28-31,33-34H2,2-10H3,(H,64,72)(H,65,74)(H,66,75)(H,67,73)/b13-12-/t38-,46-,47-,48-,50-,51-,52-/m0/s1. The minimum Gasteiger partial charge on any atom is -0.343 e. The van der Waals surface area contributed by atoms with Gasteiger partial charge in [-0.3, -0.25) is 43.5 Å². The summed E-state index contributed by atoms with van der Waals surface area (Å²) in [6.45, 7) is 17.3. The highest BCUT2D eigenvalue weighted by Gasteiger charge is 2.41. The smallest absolute Gasteiger partial charge is 0.246 e. The van der Waals surface area contributed by atoms with Gasteiger partial charge in [0.25, 0.3) is 0 Å². The summed E-state index contributed by atoms with van der Waals surface area (Å²) < 4.78 is 16.4. The summed E-state index contributed by atoms with van der Waals surface area (Å²) in [4.78, 5) is 118. The van der Waals surface area contributed by atoms with E-state index in [1.54, 1.807) is 30.6 Å². The molecule has 4 heterocycles. The largest absolute Gasteiger partial charge is 0.343 e. The van der Waals surface area contributed by atoms with Crippen molar-refractivity contribution in [2.24, 2.45) is 11.8 Å². The molecule has 1 saturated heterocycles. The number of rotatable bonds is 12. The maximum absolute atomic E-state index is 15.6. The molecule has 2 bridgehead atoms. The quantitative estimate of drug-likeness (QED) is 0.109. The Morgan fingerprint density at radius 1 is 0.679 bits per heavy atom. The zero-order chi connectivity index (χ0) is 56.6. The van der Waals surface area contributed by atoms with Gasteiger partial charge in [0, 0.05) is 69.4 Å². The van der Waals surface area contributed by atoms with Crippen LogP contribution in [-0.4, -0.2) is 134 Å². The zero-order valence-corrected chi connectivity index (χ0v) is 46.3. The van der Waals surface area contributed by atoms with Gasteiger partial charge in [-0.25, -0.2) is 4.39 Å². The lowest BCUT2D eigenvalue weighted by molar-refractivity contribution is -0.150. The molecule has 1 fully saturated rings. The van der Waals surface area contributed by atoms with Crippen LogP contribution < -0.4 is 21.3 Å². The molecule has 0 unspecified atom stereocenters. The fourth-order valence-electron chi connectivity index (χ4n) is 10.4. The number of carbonyl (C=O) groups is 7. The summed E-state index contributed by atoms with van der Waals surface area (Å²) in [5, 5.41) is 12.5. The van der Waals surface area contributed by atoms with Crippen molar-refractivity contribution in [1.82, 2.24) is 50.5 Å². The fraction of sp³-hybridized carbons (Fsp3) is 0.450. The number of benzene rings is 3. The number of halogens is 1.